The van der Waals surface area contributed by atoms with E-state index in [1.807, 2.05) is 6.07 Å². The van der Waals surface area contributed by atoms with Crippen LogP contribution in [0, 0.1) is 6.92 Å². The second-order valence-corrected chi connectivity index (χ2v) is 4.26. The van der Waals surface area contributed by atoms with E-state index in [2.05, 4.69) is 28.9 Å². The molecule has 0 radical (unpaired) electrons. The van der Waals surface area contributed by atoms with E-state index < -0.39 is 0 Å². The topological polar surface area (TPSA) is 35.2 Å². The lowest BCUT2D eigenvalue weighted by Gasteiger charge is -2.24. The zero-order valence-electron chi connectivity index (χ0n) is 7.51. The smallest absolute Gasteiger partial charge is 0.125 e. The molecule has 1 aromatic rings. The molecule has 13 heavy (non-hydrogen) atoms. The molecule has 0 fully saturated rings. The largest absolute Gasteiger partial charge is 0.493 e. The fraction of sp³-hybridized carbons (Fsp3) is 0.400. The summed E-state index contributed by atoms with van der Waals surface area (Å²) in [5.41, 5.74) is 8.29. The van der Waals surface area contributed by atoms with E-state index >= 15 is 0 Å². The van der Waals surface area contributed by atoms with Gasteiger partial charge in [0.15, 0.2) is 0 Å². The first-order chi connectivity index (χ1) is 6.18. The van der Waals surface area contributed by atoms with Gasteiger partial charge in [0, 0.05) is 22.5 Å². The van der Waals surface area contributed by atoms with Crippen LogP contribution in [0.1, 0.15) is 23.6 Å². The first-order valence-corrected chi connectivity index (χ1v) is 5.16. The maximum Gasteiger partial charge on any atom is 0.125 e. The van der Waals surface area contributed by atoms with E-state index in [4.69, 9.17) is 10.5 Å². The van der Waals surface area contributed by atoms with E-state index in [-0.39, 0.29) is 6.04 Å². The highest BCUT2D eigenvalue weighted by molar-refractivity contribution is 9.10. The molecule has 2 rings (SSSR count). The van der Waals surface area contributed by atoms with Crippen LogP contribution in [0.5, 0.6) is 5.75 Å². The third-order valence-corrected chi connectivity index (χ3v) is 2.95. The predicted octanol–water partition coefficient (Wildman–Crippen LogP) is 2.54. The lowest BCUT2D eigenvalue weighted by atomic mass is 10.00. The van der Waals surface area contributed by atoms with Crippen molar-refractivity contribution in [3.63, 3.8) is 0 Å². The van der Waals surface area contributed by atoms with Crippen LogP contribution in [0.3, 0.4) is 0 Å². The highest BCUT2D eigenvalue weighted by Gasteiger charge is 2.20. The summed E-state index contributed by atoms with van der Waals surface area (Å²) in [6.07, 6.45) is 0.897. The van der Waals surface area contributed by atoms with Crippen LogP contribution < -0.4 is 10.5 Å². The van der Waals surface area contributed by atoms with E-state index in [1.165, 1.54) is 5.56 Å². The molecule has 1 aliphatic rings. The zero-order valence-corrected chi connectivity index (χ0v) is 9.10. The van der Waals surface area contributed by atoms with Gasteiger partial charge in [0.05, 0.1) is 6.61 Å². The molecule has 1 aromatic carbocycles. The molecule has 0 aromatic heterocycles. The van der Waals surface area contributed by atoms with Gasteiger partial charge in [-0.3, -0.25) is 0 Å². The van der Waals surface area contributed by atoms with Crippen molar-refractivity contribution >= 4 is 15.9 Å². The third-order valence-electron chi connectivity index (χ3n) is 2.29. The van der Waals surface area contributed by atoms with Gasteiger partial charge >= 0.3 is 0 Å². The van der Waals surface area contributed by atoms with Crippen molar-refractivity contribution in [1.82, 2.24) is 0 Å². The minimum absolute atomic E-state index is 0.110. The Morgan fingerprint density at radius 1 is 1.54 bits per heavy atom. The van der Waals surface area contributed by atoms with Crippen LogP contribution in [0.15, 0.2) is 16.6 Å². The minimum Gasteiger partial charge on any atom is -0.493 e. The van der Waals surface area contributed by atoms with Gasteiger partial charge in [0.1, 0.15) is 5.75 Å². The number of nitrogens with two attached hydrogens (primary N) is 1. The molecular formula is C10H12BrNO. The summed E-state index contributed by atoms with van der Waals surface area (Å²) in [5.74, 6) is 0.936. The molecule has 3 heteroatoms. The molecule has 1 aliphatic heterocycles. The van der Waals surface area contributed by atoms with Crippen molar-refractivity contribution < 1.29 is 4.74 Å². The molecule has 0 saturated heterocycles. The van der Waals surface area contributed by atoms with E-state index in [0.29, 0.717) is 0 Å². The highest BCUT2D eigenvalue weighted by atomic mass is 79.9. The number of aryl methyl sites for hydroxylation is 1. The van der Waals surface area contributed by atoms with Crippen LogP contribution in [-0.2, 0) is 0 Å². The summed E-state index contributed by atoms with van der Waals surface area (Å²) in [6.45, 7) is 2.78. The normalized spacial score (nSPS) is 20.7. The predicted molar refractivity (Wildman–Crippen MR) is 55.9 cm³/mol. The van der Waals surface area contributed by atoms with Gasteiger partial charge < -0.3 is 10.5 Å². The molecule has 2 nitrogen and oxygen atoms in total. The van der Waals surface area contributed by atoms with Crippen molar-refractivity contribution in [2.24, 2.45) is 5.73 Å². The van der Waals surface area contributed by atoms with Crippen LogP contribution in [-0.4, -0.2) is 6.61 Å². The molecule has 0 saturated carbocycles. The van der Waals surface area contributed by atoms with Crippen molar-refractivity contribution in [3.8, 4) is 5.75 Å². The second-order valence-electron chi connectivity index (χ2n) is 3.40. The second kappa shape index (κ2) is 3.31. The van der Waals surface area contributed by atoms with Crippen molar-refractivity contribution in [3.05, 3.63) is 27.7 Å². The standard InChI is InChI=1S/C10H12BrNO/c1-6-4-7(11)10-8(12)2-3-13-9(10)5-6/h4-5,8H,2-3,12H2,1H3/t8-/m1/s1. The van der Waals surface area contributed by atoms with Crippen molar-refractivity contribution in [2.75, 3.05) is 6.61 Å². The average molecular weight is 242 g/mol. The Kier molecular flexibility index (Phi) is 2.30. The fourth-order valence-electron chi connectivity index (χ4n) is 1.64. The fourth-order valence-corrected chi connectivity index (χ4v) is 2.49. The summed E-state index contributed by atoms with van der Waals surface area (Å²) in [5, 5.41) is 0. The Bertz CT molecular complexity index is 338. The van der Waals surface area contributed by atoms with E-state index in [0.717, 1.165) is 28.8 Å². The molecule has 1 heterocycles. The van der Waals surface area contributed by atoms with Gasteiger partial charge in [-0.05, 0) is 24.6 Å². The number of hydrogen-bond acceptors (Lipinski definition) is 2. The molecule has 0 bridgehead atoms. The lowest BCUT2D eigenvalue weighted by molar-refractivity contribution is 0.268. The number of rotatable bonds is 0. The molecule has 0 spiro atoms. The van der Waals surface area contributed by atoms with Crippen LogP contribution in [0.2, 0.25) is 0 Å². The summed E-state index contributed by atoms with van der Waals surface area (Å²) in [6, 6.07) is 4.23. The van der Waals surface area contributed by atoms with Crippen LogP contribution >= 0.6 is 15.9 Å². The Labute approximate surface area is 86.2 Å². The Morgan fingerprint density at radius 2 is 2.31 bits per heavy atom. The van der Waals surface area contributed by atoms with Gasteiger partial charge in [-0.1, -0.05) is 15.9 Å². The summed E-state index contributed by atoms with van der Waals surface area (Å²) >= 11 is 3.51. The highest BCUT2D eigenvalue weighted by Crippen LogP contribution is 2.37. The molecular weight excluding hydrogens is 230 g/mol. The number of ether oxygens (including phenoxy) is 1. The third kappa shape index (κ3) is 1.58. The number of hydrogen-bond donors (Lipinski definition) is 1. The first-order valence-electron chi connectivity index (χ1n) is 4.37. The summed E-state index contributed by atoms with van der Waals surface area (Å²) in [7, 11) is 0. The van der Waals surface area contributed by atoms with Gasteiger partial charge in [-0.25, -0.2) is 0 Å². The average Bonchev–Trinajstić information content (AvgIpc) is 2.02. The Balaban J connectivity index is 2.56. The first kappa shape index (κ1) is 9.03. The van der Waals surface area contributed by atoms with Gasteiger partial charge in [0.2, 0.25) is 0 Å². The van der Waals surface area contributed by atoms with Crippen LogP contribution in [0.4, 0.5) is 0 Å². The molecule has 2 N–H and O–H groups in total. The van der Waals surface area contributed by atoms with Gasteiger partial charge in [0.25, 0.3) is 0 Å². The van der Waals surface area contributed by atoms with Crippen LogP contribution in [0.25, 0.3) is 0 Å². The SMILES string of the molecule is Cc1cc(Br)c2c(c1)OCC[C@H]2N. The minimum atomic E-state index is 0.110. The van der Waals surface area contributed by atoms with Gasteiger partial charge in [-0.2, -0.15) is 0 Å². The van der Waals surface area contributed by atoms with E-state index in [9.17, 15) is 0 Å². The lowest BCUT2D eigenvalue weighted by Crippen LogP contribution is -2.21. The maximum absolute atomic E-state index is 5.99. The quantitative estimate of drug-likeness (QED) is 0.758. The molecule has 1 atom stereocenters. The number of halogens is 1. The summed E-state index contributed by atoms with van der Waals surface area (Å²) in [4.78, 5) is 0. The molecule has 0 amide bonds. The molecule has 70 valence electrons. The van der Waals surface area contributed by atoms with E-state index in [1.54, 1.807) is 0 Å². The Morgan fingerprint density at radius 3 is 3.08 bits per heavy atom. The number of benzene rings is 1. The molecule has 0 unspecified atom stereocenters. The Hall–Kier alpha value is -0.540. The number of fused-ring (bicyclic) bond motifs is 1. The monoisotopic (exact) mass is 241 g/mol. The van der Waals surface area contributed by atoms with Crippen molar-refractivity contribution in [1.29, 1.82) is 0 Å². The van der Waals surface area contributed by atoms with Crippen molar-refractivity contribution in [2.45, 2.75) is 19.4 Å². The summed E-state index contributed by atoms with van der Waals surface area (Å²) < 4.78 is 6.61. The zero-order chi connectivity index (χ0) is 9.42. The molecule has 0 aliphatic carbocycles. The van der Waals surface area contributed by atoms with Gasteiger partial charge in [-0.15, -0.1) is 0 Å². The maximum atomic E-state index is 5.99.